The van der Waals surface area contributed by atoms with E-state index in [1.165, 1.54) is 0 Å². The standard InChI is InChI=1S/C12H17N3OS/c1-9-4-2-6-11(14-9)15-12(17)13-8-10-5-3-7-16-10/h2,4,6,10H,3,5,7-8H2,1H3,(H2,13,14,15,17)/t10-/m1/s1. The molecule has 0 saturated carbocycles. The molecule has 2 N–H and O–H groups in total. The van der Waals surface area contributed by atoms with Crippen LogP contribution in [0.4, 0.5) is 5.82 Å². The maximum absolute atomic E-state index is 5.51. The molecule has 1 aliphatic heterocycles. The fourth-order valence-corrected chi connectivity index (χ4v) is 1.97. The third kappa shape index (κ3) is 3.94. The zero-order valence-corrected chi connectivity index (χ0v) is 10.7. The number of pyridine rings is 1. The van der Waals surface area contributed by atoms with E-state index in [1.807, 2.05) is 25.1 Å². The molecular formula is C12H17N3OS. The highest BCUT2D eigenvalue weighted by Gasteiger charge is 2.15. The Hall–Kier alpha value is -1.20. The van der Waals surface area contributed by atoms with Crippen molar-refractivity contribution >= 4 is 23.1 Å². The molecule has 5 heteroatoms. The van der Waals surface area contributed by atoms with Gasteiger partial charge in [0.15, 0.2) is 5.11 Å². The lowest BCUT2D eigenvalue weighted by Gasteiger charge is -2.13. The van der Waals surface area contributed by atoms with Gasteiger partial charge in [0.1, 0.15) is 5.82 Å². The topological polar surface area (TPSA) is 46.2 Å². The summed E-state index contributed by atoms with van der Waals surface area (Å²) in [6, 6.07) is 5.80. The fourth-order valence-electron chi connectivity index (χ4n) is 1.79. The molecule has 1 aromatic heterocycles. The number of hydrogen-bond acceptors (Lipinski definition) is 3. The van der Waals surface area contributed by atoms with Crippen molar-refractivity contribution in [2.24, 2.45) is 0 Å². The monoisotopic (exact) mass is 251 g/mol. The van der Waals surface area contributed by atoms with Gasteiger partial charge < -0.3 is 15.4 Å². The highest BCUT2D eigenvalue weighted by atomic mass is 32.1. The lowest BCUT2D eigenvalue weighted by atomic mass is 10.2. The van der Waals surface area contributed by atoms with E-state index in [2.05, 4.69) is 15.6 Å². The number of rotatable bonds is 3. The van der Waals surface area contributed by atoms with Crippen molar-refractivity contribution in [3.63, 3.8) is 0 Å². The van der Waals surface area contributed by atoms with Crippen molar-refractivity contribution < 1.29 is 4.74 Å². The van der Waals surface area contributed by atoms with E-state index >= 15 is 0 Å². The van der Waals surface area contributed by atoms with E-state index in [0.717, 1.165) is 37.5 Å². The largest absolute Gasteiger partial charge is 0.376 e. The van der Waals surface area contributed by atoms with Crippen molar-refractivity contribution in [2.75, 3.05) is 18.5 Å². The van der Waals surface area contributed by atoms with Crippen LogP contribution in [0.3, 0.4) is 0 Å². The maximum Gasteiger partial charge on any atom is 0.172 e. The molecule has 1 saturated heterocycles. The molecule has 2 heterocycles. The molecule has 0 aromatic carbocycles. The van der Waals surface area contributed by atoms with Crippen molar-refractivity contribution in [3.05, 3.63) is 23.9 Å². The van der Waals surface area contributed by atoms with Crippen molar-refractivity contribution in [2.45, 2.75) is 25.9 Å². The van der Waals surface area contributed by atoms with Gasteiger partial charge in [-0.3, -0.25) is 0 Å². The van der Waals surface area contributed by atoms with Crippen LogP contribution in [0.15, 0.2) is 18.2 Å². The molecule has 0 bridgehead atoms. The zero-order valence-electron chi connectivity index (χ0n) is 9.90. The first-order chi connectivity index (χ1) is 8.24. The first-order valence-corrected chi connectivity index (χ1v) is 6.25. The molecule has 0 amide bonds. The molecule has 17 heavy (non-hydrogen) atoms. The first-order valence-electron chi connectivity index (χ1n) is 5.84. The Morgan fingerprint density at radius 2 is 2.47 bits per heavy atom. The van der Waals surface area contributed by atoms with Gasteiger partial charge in [0, 0.05) is 18.8 Å². The quantitative estimate of drug-likeness (QED) is 0.803. The summed E-state index contributed by atoms with van der Waals surface area (Å²) in [5.74, 6) is 0.773. The molecule has 0 radical (unpaired) electrons. The average Bonchev–Trinajstić information content (AvgIpc) is 2.79. The average molecular weight is 251 g/mol. The molecule has 1 atom stereocenters. The Kier molecular flexibility index (Phi) is 4.28. The molecule has 92 valence electrons. The molecule has 1 fully saturated rings. The summed E-state index contributed by atoms with van der Waals surface area (Å²) < 4.78 is 5.51. The normalized spacial score (nSPS) is 19.0. The van der Waals surface area contributed by atoms with Gasteiger partial charge in [0.2, 0.25) is 0 Å². The fraction of sp³-hybridized carbons (Fsp3) is 0.500. The minimum Gasteiger partial charge on any atom is -0.376 e. The van der Waals surface area contributed by atoms with Crippen LogP contribution >= 0.6 is 12.2 Å². The van der Waals surface area contributed by atoms with Gasteiger partial charge in [-0.05, 0) is 44.1 Å². The van der Waals surface area contributed by atoms with Crippen LogP contribution in [-0.2, 0) is 4.74 Å². The van der Waals surface area contributed by atoms with Gasteiger partial charge in [-0.2, -0.15) is 0 Å². The van der Waals surface area contributed by atoms with E-state index in [-0.39, 0.29) is 0 Å². The number of ether oxygens (including phenoxy) is 1. The van der Waals surface area contributed by atoms with Crippen LogP contribution in [0.25, 0.3) is 0 Å². The molecule has 0 spiro atoms. The summed E-state index contributed by atoms with van der Waals surface area (Å²) in [6.07, 6.45) is 2.55. The van der Waals surface area contributed by atoms with E-state index in [1.54, 1.807) is 0 Å². The highest BCUT2D eigenvalue weighted by Crippen LogP contribution is 2.10. The summed E-state index contributed by atoms with van der Waals surface area (Å²) in [5.41, 5.74) is 0.969. The van der Waals surface area contributed by atoms with Crippen LogP contribution < -0.4 is 10.6 Å². The summed E-state index contributed by atoms with van der Waals surface area (Å²) in [4.78, 5) is 4.32. The van der Waals surface area contributed by atoms with Crippen LogP contribution in [0.5, 0.6) is 0 Å². The molecule has 1 aliphatic rings. The van der Waals surface area contributed by atoms with Gasteiger partial charge in [-0.25, -0.2) is 4.98 Å². The van der Waals surface area contributed by atoms with Gasteiger partial charge in [-0.1, -0.05) is 6.07 Å². The van der Waals surface area contributed by atoms with E-state index < -0.39 is 0 Å². The molecule has 0 aliphatic carbocycles. The third-order valence-corrected chi connectivity index (χ3v) is 2.89. The van der Waals surface area contributed by atoms with Crippen molar-refractivity contribution in [1.82, 2.24) is 10.3 Å². The molecular weight excluding hydrogens is 234 g/mol. The number of thiocarbonyl (C=S) groups is 1. The Morgan fingerprint density at radius 1 is 1.59 bits per heavy atom. The van der Waals surface area contributed by atoms with Crippen LogP contribution in [0.2, 0.25) is 0 Å². The Balaban J connectivity index is 1.76. The Labute approximate surface area is 107 Å². The highest BCUT2D eigenvalue weighted by molar-refractivity contribution is 7.80. The number of nitrogens with zero attached hydrogens (tertiary/aromatic N) is 1. The van der Waals surface area contributed by atoms with E-state index in [0.29, 0.717) is 11.2 Å². The lowest BCUT2D eigenvalue weighted by molar-refractivity contribution is 0.114. The Bertz CT molecular complexity index is 391. The predicted octanol–water partition coefficient (Wildman–Crippen LogP) is 1.86. The van der Waals surface area contributed by atoms with Gasteiger partial charge in [0.05, 0.1) is 6.10 Å². The SMILES string of the molecule is Cc1cccc(NC(=S)NC[C@H]2CCCO2)n1. The summed E-state index contributed by atoms with van der Waals surface area (Å²) in [5, 5.41) is 6.80. The number of aromatic nitrogens is 1. The molecule has 4 nitrogen and oxygen atoms in total. The maximum atomic E-state index is 5.51. The number of aryl methyl sites for hydroxylation is 1. The minimum atomic E-state index is 0.292. The van der Waals surface area contributed by atoms with Gasteiger partial charge >= 0.3 is 0 Å². The van der Waals surface area contributed by atoms with E-state index in [4.69, 9.17) is 17.0 Å². The zero-order chi connectivity index (χ0) is 12.1. The second-order valence-electron chi connectivity index (χ2n) is 4.13. The van der Waals surface area contributed by atoms with Crippen molar-refractivity contribution in [3.8, 4) is 0 Å². The molecule has 1 aromatic rings. The lowest BCUT2D eigenvalue weighted by Crippen LogP contribution is -2.35. The first kappa shape index (κ1) is 12.3. The molecule has 2 rings (SSSR count). The number of hydrogen-bond donors (Lipinski definition) is 2. The van der Waals surface area contributed by atoms with Crippen LogP contribution in [0.1, 0.15) is 18.5 Å². The van der Waals surface area contributed by atoms with Crippen LogP contribution in [-0.4, -0.2) is 29.4 Å². The minimum absolute atomic E-state index is 0.292. The van der Waals surface area contributed by atoms with E-state index in [9.17, 15) is 0 Å². The second-order valence-corrected chi connectivity index (χ2v) is 4.54. The molecule has 0 unspecified atom stereocenters. The summed E-state index contributed by atoms with van der Waals surface area (Å²) in [6.45, 7) is 3.58. The third-order valence-electron chi connectivity index (χ3n) is 2.64. The predicted molar refractivity (Wildman–Crippen MR) is 72.2 cm³/mol. The van der Waals surface area contributed by atoms with Gasteiger partial charge in [0.25, 0.3) is 0 Å². The smallest absolute Gasteiger partial charge is 0.172 e. The van der Waals surface area contributed by atoms with Crippen molar-refractivity contribution in [1.29, 1.82) is 0 Å². The van der Waals surface area contributed by atoms with Crippen LogP contribution in [0, 0.1) is 6.92 Å². The summed E-state index contributed by atoms with van der Waals surface area (Å²) >= 11 is 5.20. The van der Waals surface area contributed by atoms with Gasteiger partial charge in [-0.15, -0.1) is 0 Å². The Morgan fingerprint density at radius 3 is 3.18 bits per heavy atom. The number of nitrogens with one attached hydrogen (secondary N) is 2. The second kappa shape index (κ2) is 5.93. The number of anilines is 1. The summed E-state index contributed by atoms with van der Waals surface area (Å²) in [7, 11) is 0.